The van der Waals surface area contributed by atoms with Crippen LogP contribution in [0.25, 0.3) is 0 Å². The van der Waals surface area contributed by atoms with Crippen LogP contribution in [-0.2, 0) is 0 Å². The van der Waals surface area contributed by atoms with Crippen LogP contribution in [0.15, 0.2) is 12.4 Å². The summed E-state index contributed by atoms with van der Waals surface area (Å²) >= 11 is 1.21. The van der Waals surface area contributed by atoms with E-state index in [1.54, 1.807) is 6.20 Å². The summed E-state index contributed by atoms with van der Waals surface area (Å²) in [4.78, 5) is 9.10. The first kappa shape index (κ1) is 11.7. The Morgan fingerprint density at radius 2 is 2.12 bits per heavy atom. The second-order valence-corrected chi connectivity index (χ2v) is 3.92. The summed E-state index contributed by atoms with van der Waals surface area (Å²) in [6.07, 6.45) is 3.09. The fourth-order valence-electron chi connectivity index (χ4n) is 1.27. The molecule has 0 aliphatic rings. The normalized spacial score (nSPS) is 12.2. The summed E-state index contributed by atoms with van der Waals surface area (Å²) in [6, 6.07) is -0.455. The van der Waals surface area contributed by atoms with Gasteiger partial charge in [-0.15, -0.1) is 5.10 Å². The lowest BCUT2D eigenvalue weighted by molar-refractivity contribution is 0.355. The molecule has 1 atom stereocenters. The number of hydrogen-bond donors (Lipinski definition) is 1. The van der Waals surface area contributed by atoms with E-state index in [-0.39, 0.29) is 0 Å². The average molecular weight is 253 g/mol. The molecule has 0 aliphatic heterocycles. The summed E-state index contributed by atoms with van der Waals surface area (Å²) in [5, 5.41) is 3.73. The van der Waals surface area contributed by atoms with E-state index in [0.29, 0.717) is 17.5 Å². The minimum Gasteiger partial charge on any atom is -0.480 e. The third kappa shape index (κ3) is 2.32. The predicted octanol–water partition coefficient (Wildman–Crippen LogP) is 0.393. The van der Waals surface area contributed by atoms with Crippen LogP contribution in [0.5, 0.6) is 11.8 Å². The molecule has 2 aromatic rings. The van der Waals surface area contributed by atoms with Gasteiger partial charge in [-0.1, -0.05) is 4.49 Å². The van der Waals surface area contributed by atoms with E-state index in [1.165, 1.54) is 31.9 Å². The maximum Gasteiger partial charge on any atom is 0.240 e. The van der Waals surface area contributed by atoms with Crippen LogP contribution in [0.3, 0.4) is 0 Å². The van der Waals surface area contributed by atoms with Crippen LogP contribution in [0.4, 0.5) is 0 Å². The summed E-state index contributed by atoms with van der Waals surface area (Å²) in [7, 11) is 3.01. The van der Waals surface area contributed by atoms with Crippen molar-refractivity contribution >= 4 is 11.5 Å². The average Bonchev–Trinajstić information content (AvgIpc) is 2.91. The van der Waals surface area contributed by atoms with E-state index in [0.717, 1.165) is 4.88 Å². The second kappa shape index (κ2) is 5.02. The van der Waals surface area contributed by atoms with Crippen molar-refractivity contribution in [3.63, 3.8) is 0 Å². The molecular weight excluding hydrogens is 242 g/mol. The maximum absolute atomic E-state index is 6.04. The molecule has 90 valence electrons. The molecule has 0 saturated heterocycles. The van der Waals surface area contributed by atoms with Crippen molar-refractivity contribution in [1.29, 1.82) is 0 Å². The van der Waals surface area contributed by atoms with Gasteiger partial charge in [-0.05, 0) is 11.5 Å². The van der Waals surface area contributed by atoms with E-state index < -0.39 is 6.04 Å². The monoisotopic (exact) mass is 253 g/mol. The lowest BCUT2D eigenvalue weighted by atomic mass is 10.2. The maximum atomic E-state index is 6.04. The standard InChI is InChI=1S/C9H11N5O2S/c1-15-6-4-11-8(9(13-6)16-2)7(10)5-3-12-14-17-5/h3-4,7H,10H2,1-2H3. The Kier molecular flexibility index (Phi) is 3.45. The van der Waals surface area contributed by atoms with Crippen molar-refractivity contribution in [3.8, 4) is 11.8 Å². The van der Waals surface area contributed by atoms with Gasteiger partial charge in [-0.3, -0.25) is 0 Å². The Labute approximate surface area is 102 Å². The zero-order chi connectivity index (χ0) is 12.3. The number of hydrogen-bond acceptors (Lipinski definition) is 8. The molecule has 0 amide bonds. The Morgan fingerprint density at radius 1 is 1.29 bits per heavy atom. The Hall–Kier alpha value is -1.80. The molecule has 2 N–H and O–H groups in total. The van der Waals surface area contributed by atoms with Crippen LogP contribution in [-0.4, -0.2) is 33.8 Å². The first-order chi connectivity index (χ1) is 8.26. The Balaban J connectivity index is 2.38. The van der Waals surface area contributed by atoms with Crippen molar-refractivity contribution in [2.75, 3.05) is 14.2 Å². The van der Waals surface area contributed by atoms with Gasteiger partial charge in [0.15, 0.2) is 0 Å². The lowest BCUT2D eigenvalue weighted by Gasteiger charge is -2.12. The molecule has 0 bridgehead atoms. The molecule has 0 fully saturated rings. The highest BCUT2D eigenvalue weighted by atomic mass is 32.1. The van der Waals surface area contributed by atoms with Gasteiger partial charge in [0.2, 0.25) is 11.8 Å². The zero-order valence-corrected chi connectivity index (χ0v) is 10.1. The van der Waals surface area contributed by atoms with Gasteiger partial charge in [0, 0.05) is 0 Å². The third-order valence-electron chi connectivity index (χ3n) is 2.13. The van der Waals surface area contributed by atoms with Gasteiger partial charge in [0.05, 0.1) is 37.5 Å². The Morgan fingerprint density at radius 3 is 2.71 bits per heavy atom. The first-order valence-corrected chi connectivity index (χ1v) is 5.51. The van der Waals surface area contributed by atoms with Crippen molar-refractivity contribution in [1.82, 2.24) is 19.6 Å². The first-order valence-electron chi connectivity index (χ1n) is 4.74. The van der Waals surface area contributed by atoms with Gasteiger partial charge in [-0.2, -0.15) is 4.98 Å². The zero-order valence-electron chi connectivity index (χ0n) is 9.32. The van der Waals surface area contributed by atoms with Crippen LogP contribution in [0.2, 0.25) is 0 Å². The second-order valence-electron chi connectivity index (χ2n) is 3.10. The molecule has 0 spiro atoms. The molecule has 7 nitrogen and oxygen atoms in total. The van der Waals surface area contributed by atoms with Gasteiger partial charge >= 0.3 is 0 Å². The molecule has 0 radical (unpaired) electrons. The van der Waals surface area contributed by atoms with Crippen molar-refractivity contribution in [2.45, 2.75) is 6.04 Å². The number of methoxy groups -OCH3 is 2. The topological polar surface area (TPSA) is 96.0 Å². The number of nitrogens with two attached hydrogens (primary N) is 1. The summed E-state index contributed by atoms with van der Waals surface area (Å²) in [6.45, 7) is 0. The summed E-state index contributed by atoms with van der Waals surface area (Å²) in [5.74, 6) is 0.713. The van der Waals surface area contributed by atoms with Crippen LogP contribution in [0, 0.1) is 0 Å². The molecule has 8 heteroatoms. The van der Waals surface area contributed by atoms with Crippen molar-refractivity contribution in [3.05, 3.63) is 23.0 Å². The highest BCUT2D eigenvalue weighted by Gasteiger charge is 2.19. The fraction of sp³-hybridized carbons (Fsp3) is 0.333. The van der Waals surface area contributed by atoms with E-state index >= 15 is 0 Å². The minimum absolute atomic E-state index is 0.338. The smallest absolute Gasteiger partial charge is 0.240 e. The molecular formula is C9H11N5O2S. The number of nitrogens with zero attached hydrogens (tertiary/aromatic N) is 4. The van der Waals surface area contributed by atoms with E-state index in [2.05, 4.69) is 19.6 Å². The van der Waals surface area contributed by atoms with Crippen molar-refractivity contribution < 1.29 is 9.47 Å². The van der Waals surface area contributed by atoms with Crippen LogP contribution in [0.1, 0.15) is 16.6 Å². The predicted molar refractivity (Wildman–Crippen MR) is 61.1 cm³/mol. The van der Waals surface area contributed by atoms with Gasteiger partial charge < -0.3 is 15.2 Å². The molecule has 2 heterocycles. The molecule has 2 rings (SSSR count). The van der Waals surface area contributed by atoms with E-state index in [1.807, 2.05) is 0 Å². The summed E-state index contributed by atoms with van der Waals surface area (Å²) < 4.78 is 13.9. The Bertz CT molecular complexity index is 490. The lowest BCUT2D eigenvalue weighted by Crippen LogP contribution is -2.14. The molecule has 17 heavy (non-hydrogen) atoms. The molecule has 2 aromatic heterocycles. The third-order valence-corrected chi connectivity index (χ3v) is 2.87. The number of ether oxygens (including phenoxy) is 2. The molecule has 1 unspecified atom stereocenters. The van der Waals surface area contributed by atoms with Crippen LogP contribution < -0.4 is 15.2 Å². The van der Waals surface area contributed by atoms with Gasteiger partial charge in [-0.25, -0.2) is 4.98 Å². The molecule has 0 aliphatic carbocycles. The van der Waals surface area contributed by atoms with Crippen LogP contribution >= 0.6 is 11.5 Å². The van der Waals surface area contributed by atoms with Gasteiger partial charge in [0.1, 0.15) is 5.69 Å². The SMILES string of the molecule is COc1cnc(C(N)c2cnns2)c(OC)n1. The fourth-order valence-corrected chi connectivity index (χ4v) is 1.78. The molecule has 0 aromatic carbocycles. The van der Waals surface area contributed by atoms with E-state index in [9.17, 15) is 0 Å². The van der Waals surface area contributed by atoms with Gasteiger partial charge in [0.25, 0.3) is 0 Å². The number of rotatable bonds is 4. The highest BCUT2D eigenvalue weighted by Crippen LogP contribution is 2.27. The van der Waals surface area contributed by atoms with Crippen molar-refractivity contribution in [2.24, 2.45) is 5.73 Å². The quantitative estimate of drug-likeness (QED) is 0.842. The van der Waals surface area contributed by atoms with E-state index in [4.69, 9.17) is 15.2 Å². The minimum atomic E-state index is -0.455. The summed E-state index contributed by atoms with van der Waals surface area (Å²) in [5.41, 5.74) is 6.56. The largest absolute Gasteiger partial charge is 0.480 e. The molecule has 0 saturated carbocycles. The number of aromatic nitrogens is 4. The highest BCUT2D eigenvalue weighted by molar-refractivity contribution is 7.05.